The highest BCUT2D eigenvalue weighted by molar-refractivity contribution is 9.10. The van der Waals surface area contributed by atoms with Crippen molar-refractivity contribution in [1.29, 1.82) is 0 Å². The topological polar surface area (TPSA) is 67.9 Å². The number of pyridine rings is 1. The summed E-state index contributed by atoms with van der Waals surface area (Å²) in [6.07, 6.45) is 3.44. The van der Waals surface area contributed by atoms with Crippen molar-refractivity contribution in [3.63, 3.8) is 0 Å². The molecule has 0 bridgehead atoms. The van der Waals surface area contributed by atoms with Crippen molar-refractivity contribution < 1.29 is 9.53 Å². The largest absolute Gasteiger partial charge is 0.462 e. The lowest BCUT2D eigenvalue weighted by Crippen LogP contribution is -2.04. The van der Waals surface area contributed by atoms with Gasteiger partial charge in [-0.3, -0.25) is 4.98 Å². The maximum atomic E-state index is 11.7. The van der Waals surface area contributed by atoms with Crippen LogP contribution in [0.1, 0.15) is 17.3 Å². The first-order valence-corrected chi connectivity index (χ1v) is 7.24. The van der Waals surface area contributed by atoms with E-state index < -0.39 is 0 Å². The van der Waals surface area contributed by atoms with Crippen LogP contribution in [-0.2, 0) is 4.74 Å². The van der Waals surface area contributed by atoms with Crippen LogP contribution in [0.5, 0.6) is 0 Å². The Bertz CT molecular complexity index is 814. The van der Waals surface area contributed by atoms with Crippen molar-refractivity contribution in [1.82, 2.24) is 15.0 Å². The first-order chi connectivity index (χ1) is 10.2. The molecule has 0 radical (unpaired) electrons. The SMILES string of the molecule is CCOC(=O)c1ccc2nc(-c3cncc(Br)c3)[nH]c2c1. The number of hydrogen-bond acceptors (Lipinski definition) is 4. The third-order valence-electron chi connectivity index (χ3n) is 2.97. The zero-order valence-corrected chi connectivity index (χ0v) is 12.8. The first kappa shape index (κ1) is 13.8. The van der Waals surface area contributed by atoms with Gasteiger partial charge in [-0.1, -0.05) is 0 Å². The number of benzene rings is 1. The van der Waals surface area contributed by atoms with Gasteiger partial charge in [-0.25, -0.2) is 9.78 Å². The van der Waals surface area contributed by atoms with Gasteiger partial charge in [0.1, 0.15) is 5.82 Å². The van der Waals surface area contributed by atoms with E-state index >= 15 is 0 Å². The van der Waals surface area contributed by atoms with Crippen LogP contribution in [0.2, 0.25) is 0 Å². The number of nitrogens with zero attached hydrogens (tertiary/aromatic N) is 2. The summed E-state index contributed by atoms with van der Waals surface area (Å²) in [4.78, 5) is 23.6. The number of rotatable bonds is 3. The van der Waals surface area contributed by atoms with Crippen molar-refractivity contribution in [3.8, 4) is 11.4 Å². The highest BCUT2D eigenvalue weighted by atomic mass is 79.9. The fourth-order valence-electron chi connectivity index (χ4n) is 2.03. The van der Waals surface area contributed by atoms with Crippen LogP contribution in [0.3, 0.4) is 0 Å². The van der Waals surface area contributed by atoms with Crippen molar-refractivity contribution in [2.45, 2.75) is 6.92 Å². The summed E-state index contributed by atoms with van der Waals surface area (Å²) in [5.41, 5.74) is 2.96. The van der Waals surface area contributed by atoms with Crippen molar-refractivity contribution >= 4 is 32.9 Å². The lowest BCUT2D eigenvalue weighted by atomic mass is 10.2. The van der Waals surface area contributed by atoms with E-state index in [9.17, 15) is 4.79 Å². The Hall–Kier alpha value is -2.21. The summed E-state index contributed by atoms with van der Waals surface area (Å²) >= 11 is 3.39. The molecule has 1 N–H and O–H groups in total. The molecular formula is C15H12BrN3O2. The average molecular weight is 346 g/mol. The minimum atomic E-state index is -0.334. The molecule has 2 heterocycles. The van der Waals surface area contributed by atoms with Crippen LogP contribution in [0.25, 0.3) is 22.4 Å². The van der Waals surface area contributed by atoms with E-state index in [0.717, 1.165) is 21.1 Å². The Kier molecular flexibility index (Phi) is 3.70. The van der Waals surface area contributed by atoms with E-state index in [1.54, 1.807) is 37.5 Å². The number of aromatic amines is 1. The summed E-state index contributed by atoms with van der Waals surface area (Å²) in [7, 11) is 0. The number of hydrogen-bond donors (Lipinski definition) is 1. The van der Waals surface area contributed by atoms with Crippen LogP contribution >= 0.6 is 15.9 Å². The third kappa shape index (κ3) is 2.80. The van der Waals surface area contributed by atoms with Crippen molar-refractivity contribution in [2.24, 2.45) is 0 Å². The number of halogens is 1. The van der Waals surface area contributed by atoms with Gasteiger partial charge < -0.3 is 9.72 Å². The lowest BCUT2D eigenvalue weighted by molar-refractivity contribution is 0.0526. The predicted molar refractivity (Wildman–Crippen MR) is 83.0 cm³/mol. The zero-order valence-electron chi connectivity index (χ0n) is 11.3. The number of fused-ring (bicyclic) bond motifs is 1. The summed E-state index contributed by atoms with van der Waals surface area (Å²) in [5, 5.41) is 0. The molecule has 1 aromatic carbocycles. The number of esters is 1. The Morgan fingerprint density at radius 2 is 2.19 bits per heavy atom. The summed E-state index contributed by atoms with van der Waals surface area (Å²) in [6, 6.07) is 7.18. The van der Waals surface area contributed by atoms with Crippen LogP contribution in [-0.4, -0.2) is 27.5 Å². The predicted octanol–water partition coefficient (Wildman–Crippen LogP) is 3.56. The molecule has 6 heteroatoms. The van der Waals surface area contributed by atoms with Gasteiger partial charge in [-0.2, -0.15) is 0 Å². The quantitative estimate of drug-likeness (QED) is 0.737. The van der Waals surface area contributed by atoms with Gasteiger partial charge in [0.2, 0.25) is 0 Å². The molecule has 0 spiro atoms. The molecule has 3 aromatic rings. The van der Waals surface area contributed by atoms with Gasteiger partial charge in [-0.05, 0) is 47.1 Å². The molecule has 5 nitrogen and oxygen atoms in total. The highest BCUT2D eigenvalue weighted by Gasteiger charge is 2.10. The number of ether oxygens (including phenoxy) is 1. The molecule has 0 fully saturated rings. The van der Waals surface area contributed by atoms with Gasteiger partial charge in [0.05, 0.1) is 23.2 Å². The number of nitrogens with one attached hydrogen (secondary N) is 1. The smallest absolute Gasteiger partial charge is 0.338 e. The van der Waals surface area contributed by atoms with Gasteiger partial charge in [0.25, 0.3) is 0 Å². The molecule has 0 saturated carbocycles. The molecule has 2 aromatic heterocycles. The van der Waals surface area contributed by atoms with Crippen LogP contribution in [0.15, 0.2) is 41.1 Å². The van der Waals surface area contributed by atoms with Crippen LogP contribution in [0, 0.1) is 0 Å². The van der Waals surface area contributed by atoms with Crippen molar-refractivity contribution in [2.75, 3.05) is 6.61 Å². The van der Waals surface area contributed by atoms with E-state index in [-0.39, 0.29) is 5.97 Å². The maximum absolute atomic E-state index is 11.7. The molecule has 0 aliphatic carbocycles. The first-order valence-electron chi connectivity index (χ1n) is 6.45. The molecule has 0 saturated heterocycles. The maximum Gasteiger partial charge on any atom is 0.338 e. The Labute approximate surface area is 129 Å². The van der Waals surface area contributed by atoms with Gasteiger partial charge in [0, 0.05) is 22.4 Å². The van der Waals surface area contributed by atoms with E-state index in [2.05, 4.69) is 30.9 Å². The Morgan fingerprint density at radius 1 is 1.33 bits per heavy atom. The van der Waals surface area contributed by atoms with E-state index in [1.807, 2.05) is 6.07 Å². The Morgan fingerprint density at radius 3 is 2.95 bits per heavy atom. The van der Waals surface area contributed by atoms with Crippen molar-refractivity contribution in [3.05, 3.63) is 46.7 Å². The highest BCUT2D eigenvalue weighted by Crippen LogP contribution is 2.23. The minimum Gasteiger partial charge on any atom is -0.462 e. The van der Waals surface area contributed by atoms with Gasteiger partial charge in [-0.15, -0.1) is 0 Å². The molecule has 0 amide bonds. The minimum absolute atomic E-state index is 0.334. The second-order valence-electron chi connectivity index (χ2n) is 4.43. The standard InChI is InChI=1S/C15H12BrN3O2/c1-2-21-15(20)9-3-4-12-13(6-9)19-14(18-12)10-5-11(16)8-17-7-10/h3-8H,2H2,1H3,(H,18,19). The summed E-state index contributed by atoms with van der Waals surface area (Å²) in [6.45, 7) is 2.14. The molecule has 0 aliphatic heterocycles. The summed E-state index contributed by atoms with van der Waals surface area (Å²) in [5.74, 6) is 0.375. The van der Waals surface area contributed by atoms with Crippen LogP contribution in [0.4, 0.5) is 0 Å². The van der Waals surface area contributed by atoms with E-state index in [0.29, 0.717) is 18.0 Å². The lowest BCUT2D eigenvalue weighted by Gasteiger charge is -2.00. The molecule has 21 heavy (non-hydrogen) atoms. The molecule has 0 atom stereocenters. The molecular weight excluding hydrogens is 334 g/mol. The fraction of sp³-hybridized carbons (Fsp3) is 0.133. The average Bonchev–Trinajstić information content (AvgIpc) is 2.90. The van der Waals surface area contributed by atoms with Crippen LogP contribution < -0.4 is 0 Å². The van der Waals surface area contributed by atoms with Gasteiger partial charge in [0.15, 0.2) is 0 Å². The number of aromatic nitrogens is 3. The van der Waals surface area contributed by atoms with Gasteiger partial charge >= 0.3 is 5.97 Å². The number of carbonyl (C=O) groups excluding carboxylic acids is 1. The van der Waals surface area contributed by atoms with E-state index in [4.69, 9.17) is 4.74 Å². The molecule has 106 valence electrons. The number of imidazole rings is 1. The number of H-pyrrole nitrogens is 1. The normalized spacial score (nSPS) is 10.8. The molecule has 0 unspecified atom stereocenters. The second-order valence-corrected chi connectivity index (χ2v) is 5.35. The zero-order chi connectivity index (χ0) is 14.8. The van der Waals surface area contributed by atoms with E-state index in [1.165, 1.54) is 0 Å². The fourth-order valence-corrected chi connectivity index (χ4v) is 2.39. The molecule has 0 aliphatic rings. The third-order valence-corrected chi connectivity index (χ3v) is 3.40. The monoisotopic (exact) mass is 345 g/mol. The molecule has 3 rings (SSSR count). The Balaban J connectivity index is 2.02. The number of carbonyl (C=O) groups is 1. The summed E-state index contributed by atoms with van der Waals surface area (Å²) < 4.78 is 5.88. The second kappa shape index (κ2) is 5.65.